The summed E-state index contributed by atoms with van der Waals surface area (Å²) in [5.74, 6) is 0.972. The van der Waals surface area contributed by atoms with Crippen LogP contribution in [0.25, 0.3) is 0 Å². The van der Waals surface area contributed by atoms with E-state index in [1.165, 1.54) is 32.1 Å². The van der Waals surface area contributed by atoms with Crippen molar-refractivity contribution in [3.63, 3.8) is 0 Å². The molecule has 2 N–H and O–H groups in total. The molecule has 0 saturated heterocycles. The molecule has 1 aliphatic rings. The van der Waals surface area contributed by atoms with E-state index in [1.807, 2.05) is 0 Å². The SMILES string of the molecule is CCCCNC(=NCC1(CCOC)CCC1)NCC. The average Bonchev–Trinajstić information content (AvgIpc) is 2.37. The third kappa shape index (κ3) is 5.81. The standard InChI is InChI=1S/C15H31N3O/c1-4-6-11-17-14(16-5-2)18-13-15(8-7-9-15)10-12-19-3/h4-13H2,1-3H3,(H2,16,17,18). The van der Waals surface area contributed by atoms with Crippen molar-refractivity contribution in [3.05, 3.63) is 0 Å². The lowest BCUT2D eigenvalue weighted by Gasteiger charge is -2.40. The van der Waals surface area contributed by atoms with E-state index in [1.54, 1.807) is 7.11 Å². The molecule has 0 radical (unpaired) electrons. The van der Waals surface area contributed by atoms with Gasteiger partial charge in [0.25, 0.3) is 0 Å². The van der Waals surface area contributed by atoms with Crippen molar-refractivity contribution in [2.75, 3.05) is 33.4 Å². The molecule has 0 aromatic rings. The fraction of sp³-hybridized carbons (Fsp3) is 0.933. The summed E-state index contributed by atoms with van der Waals surface area (Å²) in [5, 5.41) is 6.73. The molecular formula is C15H31N3O. The molecule has 0 aromatic heterocycles. The van der Waals surface area contributed by atoms with Gasteiger partial charge in [0.1, 0.15) is 0 Å². The van der Waals surface area contributed by atoms with Crippen molar-refractivity contribution in [2.24, 2.45) is 10.4 Å². The van der Waals surface area contributed by atoms with E-state index in [2.05, 4.69) is 24.5 Å². The lowest BCUT2D eigenvalue weighted by atomic mass is 9.67. The van der Waals surface area contributed by atoms with Crippen molar-refractivity contribution >= 4 is 5.96 Å². The second kappa shape index (κ2) is 9.18. The molecule has 1 saturated carbocycles. The monoisotopic (exact) mass is 269 g/mol. The van der Waals surface area contributed by atoms with Gasteiger partial charge in [-0.25, -0.2) is 0 Å². The molecule has 19 heavy (non-hydrogen) atoms. The van der Waals surface area contributed by atoms with E-state index in [0.29, 0.717) is 5.41 Å². The van der Waals surface area contributed by atoms with Crippen LogP contribution >= 0.6 is 0 Å². The summed E-state index contributed by atoms with van der Waals surface area (Å²) >= 11 is 0. The Hall–Kier alpha value is -0.770. The third-order valence-corrected chi connectivity index (χ3v) is 3.99. The Bertz CT molecular complexity index is 262. The van der Waals surface area contributed by atoms with Crippen LogP contribution in [0, 0.1) is 5.41 Å². The average molecular weight is 269 g/mol. The van der Waals surface area contributed by atoms with Gasteiger partial charge in [0.05, 0.1) is 0 Å². The Morgan fingerprint density at radius 1 is 1.26 bits per heavy atom. The number of methoxy groups -OCH3 is 1. The fourth-order valence-corrected chi connectivity index (χ4v) is 2.45. The zero-order valence-electron chi connectivity index (χ0n) is 12.9. The Balaban J connectivity index is 2.42. The van der Waals surface area contributed by atoms with Gasteiger partial charge in [0.15, 0.2) is 5.96 Å². The molecule has 0 aromatic carbocycles. The van der Waals surface area contributed by atoms with Gasteiger partial charge in [0, 0.05) is 33.4 Å². The first kappa shape index (κ1) is 16.3. The van der Waals surface area contributed by atoms with E-state index in [4.69, 9.17) is 9.73 Å². The molecule has 112 valence electrons. The van der Waals surface area contributed by atoms with Crippen LogP contribution < -0.4 is 10.6 Å². The predicted octanol–water partition coefficient (Wildman–Crippen LogP) is 2.55. The minimum atomic E-state index is 0.406. The number of rotatable bonds is 9. The summed E-state index contributed by atoms with van der Waals surface area (Å²) in [6.45, 7) is 8.03. The lowest BCUT2D eigenvalue weighted by molar-refractivity contribution is 0.0778. The number of ether oxygens (including phenoxy) is 1. The number of nitrogens with one attached hydrogen (secondary N) is 2. The van der Waals surface area contributed by atoms with E-state index in [-0.39, 0.29) is 0 Å². The molecule has 4 nitrogen and oxygen atoms in total. The molecule has 0 aliphatic heterocycles. The summed E-state index contributed by atoms with van der Waals surface area (Å²) in [6, 6.07) is 0. The largest absolute Gasteiger partial charge is 0.385 e. The van der Waals surface area contributed by atoms with Gasteiger partial charge in [-0.2, -0.15) is 0 Å². The van der Waals surface area contributed by atoms with E-state index < -0.39 is 0 Å². The molecule has 1 rings (SSSR count). The highest BCUT2D eigenvalue weighted by Gasteiger charge is 2.36. The van der Waals surface area contributed by atoms with Gasteiger partial charge in [-0.15, -0.1) is 0 Å². The minimum Gasteiger partial charge on any atom is -0.385 e. The molecule has 0 spiro atoms. The van der Waals surface area contributed by atoms with Crippen molar-refractivity contribution in [1.29, 1.82) is 0 Å². The molecule has 0 unspecified atom stereocenters. The number of hydrogen-bond acceptors (Lipinski definition) is 2. The summed E-state index contributed by atoms with van der Waals surface area (Å²) in [4.78, 5) is 4.77. The maximum absolute atomic E-state index is 5.23. The maximum atomic E-state index is 5.23. The number of hydrogen-bond donors (Lipinski definition) is 2. The second-order valence-electron chi connectivity index (χ2n) is 5.57. The molecular weight excluding hydrogens is 238 g/mol. The van der Waals surface area contributed by atoms with Gasteiger partial charge in [-0.3, -0.25) is 4.99 Å². The van der Waals surface area contributed by atoms with Crippen molar-refractivity contribution in [2.45, 2.75) is 52.4 Å². The predicted molar refractivity (Wildman–Crippen MR) is 81.7 cm³/mol. The van der Waals surface area contributed by atoms with Crippen LogP contribution in [-0.4, -0.2) is 39.3 Å². The van der Waals surface area contributed by atoms with Crippen LogP contribution in [0.4, 0.5) is 0 Å². The molecule has 0 heterocycles. The van der Waals surface area contributed by atoms with Gasteiger partial charge in [-0.05, 0) is 38.0 Å². The normalized spacial score (nSPS) is 17.9. The Morgan fingerprint density at radius 3 is 2.58 bits per heavy atom. The summed E-state index contributed by atoms with van der Waals surface area (Å²) in [7, 11) is 1.78. The van der Waals surface area contributed by atoms with Crippen molar-refractivity contribution in [3.8, 4) is 0 Å². The second-order valence-corrected chi connectivity index (χ2v) is 5.57. The smallest absolute Gasteiger partial charge is 0.191 e. The minimum absolute atomic E-state index is 0.406. The first-order valence-electron chi connectivity index (χ1n) is 7.77. The Kier molecular flexibility index (Phi) is 7.87. The zero-order chi connectivity index (χ0) is 14.0. The van der Waals surface area contributed by atoms with Crippen LogP contribution in [0.5, 0.6) is 0 Å². The first-order chi connectivity index (χ1) is 9.26. The third-order valence-electron chi connectivity index (χ3n) is 3.99. The molecule has 4 heteroatoms. The van der Waals surface area contributed by atoms with Crippen LogP contribution in [-0.2, 0) is 4.74 Å². The summed E-state index contributed by atoms with van der Waals surface area (Å²) < 4.78 is 5.23. The molecule has 0 atom stereocenters. The molecule has 1 aliphatic carbocycles. The highest BCUT2D eigenvalue weighted by atomic mass is 16.5. The van der Waals surface area contributed by atoms with Crippen molar-refractivity contribution in [1.82, 2.24) is 10.6 Å². The number of nitrogens with zero attached hydrogens (tertiary/aromatic N) is 1. The van der Waals surface area contributed by atoms with Crippen LogP contribution in [0.1, 0.15) is 52.4 Å². The molecule has 0 amide bonds. The Labute approximate surface area is 118 Å². The highest BCUT2D eigenvalue weighted by molar-refractivity contribution is 5.79. The Morgan fingerprint density at radius 2 is 2.05 bits per heavy atom. The van der Waals surface area contributed by atoms with E-state index in [9.17, 15) is 0 Å². The first-order valence-corrected chi connectivity index (χ1v) is 7.77. The van der Waals surface area contributed by atoms with Gasteiger partial charge >= 0.3 is 0 Å². The topological polar surface area (TPSA) is 45.7 Å². The van der Waals surface area contributed by atoms with Crippen LogP contribution in [0.15, 0.2) is 4.99 Å². The lowest BCUT2D eigenvalue weighted by Crippen LogP contribution is -2.40. The van der Waals surface area contributed by atoms with Crippen LogP contribution in [0.2, 0.25) is 0 Å². The molecule has 1 fully saturated rings. The van der Waals surface area contributed by atoms with Gasteiger partial charge < -0.3 is 15.4 Å². The number of guanidine groups is 1. The van der Waals surface area contributed by atoms with E-state index >= 15 is 0 Å². The van der Waals surface area contributed by atoms with Gasteiger partial charge in [-0.1, -0.05) is 19.8 Å². The molecule has 0 bridgehead atoms. The highest BCUT2D eigenvalue weighted by Crippen LogP contribution is 2.44. The summed E-state index contributed by atoms with van der Waals surface area (Å²) in [5.41, 5.74) is 0.406. The van der Waals surface area contributed by atoms with E-state index in [0.717, 1.165) is 38.6 Å². The number of unbranched alkanes of at least 4 members (excludes halogenated alkanes) is 1. The van der Waals surface area contributed by atoms with Crippen LogP contribution in [0.3, 0.4) is 0 Å². The fourth-order valence-electron chi connectivity index (χ4n) is 2.45. The van der Waals surface area contributed by atoms with Crippen molar-refractivity contribution < 1.29 is 4.74 Å². The zero-order valence-corrected chi connectivity index (χ0v) is 12.9. The van der Waals surface area contributed by atoms with Gasteiger partial charge in [0.2, 0.25) is 0 Å². The quantitative estimate of drug-likeness (QED) is 0.384. The number of aliphatic imine (C=N–C) groups is 1. The summed E-state index contributed by atoms with van der Waals surface area (Å²) in [6.07, 6.45) is 7.49. The maximum Gasteiger partial charge on any atom is 0.191 e.